The molecule has 1 amide bonds. The van der Waals surface area contributed by atoms with Crippen molar-refractivity contribution >= 4 is 5.91 Å². The molecule has 0 bridgehead atoms. The Labute approximate surface area is 185 Å². The average molecular weight is 434 g/mol. The molecule has 8 nitrogen and oxygen atoms in total. The topological polar surface area (TPSA) is 119 Å². The fourth-order valence-corrected chi connectivity index (χ4v) is 3.86. The number of hydrogen-bond acceptors (Lipinski definition) is 6. The Bertz CT molecular complexity index is 1220. The molecule has 32 heavy (non-hydrogen) atoms. The van der Waals surface area contributed by atoms with Gasteiger partial charge in [0.05, 0.1) is 13.2 Å². The minimum atomic E-state index is -0.845. The first-order valence-electron chi connectivity index (χ1n) is 10.5. The number of carbonyl (C=O) groups excluding carboxylic acids is 1. The third-order valence-corrected chi connectivity index (χ3v) is 5.63. The molecule has 0 unspecified atom stereocenters. The summed E-state index contributed by atoms with van der Waals surface area (Å²) >= 11 is 0. The molecule has 0 spiro atoms. The Morgan fingerprint density at radius 2 is 1.94 bits per heavy atom. The van der Waals surface area contributed by atoms with Gasteiger partial charge in [0.25, 0.3) is 11.5 Å². The van der Waals surface area contributed by atoms with Crippen molar-refractivity contribution in [2.24, 2.45) is 5.73 Å². The highest BCUT2D eigenvalue weighted by molar-refractivity contribution is 5.94. The lowest BCUT2D eigenvalue weighted by molar-refractivity contribution is -0.0566. The average Bonchev–Trinajstić information content (AvgIpc) is 2.80. The maximum atomic E-state index is 12.9. The Balaban J connectivity index is 1.60. The molecule has 0 radical (unpaired) electrons. The minimum Gasteiger partial charge on any atom is -0.501 e. The lowest BCUT2D eigenvalue weighted by Gasteiger charge is -2.32. The molecule has 1 aliphatic rings. The zero-order chi connectivity index (χ0) is 22.9. The summed E-state index contributed by atoms with van der Waals surface area (Å²) in [5.41, 5.74) is 7.78. The van der Waals surface area contributed by atoms with Gasteiger partial charge in [-0.3, -0.25) is 14.2 Å². The van der Waals surface area contributed by atoms with E-state index >= 15 is 0 Å². The van der Waals surface area contributed by atoms with E-state index in [1.807, 2.05) is 48.5 Å². The van der Waals surface area contributed by atoms with Crippen LogP contribution in [0.5, 0.6) is 5.75 Å². The van der Waals surface area contributed by atoms with Crippen molar-refractivity contribution in [3.05, 3.63) is 81.5 Å². The van der Waals surface area contributed by atoms with Crippen LogP contribution in [-0.4, -0.2) is 27.2 Å². The summed E-state index contributed by atoms with van der Waals surface area (Å²) in [7, 11) is 0. The predicted molar refractivity (Wildman–Crippen MR) is 120 cm³/mol. The van der Waals surface area contributed by atoms with Crippen LogP contribution < -0.4 is 16.6 Å². The zero-order valence-electron chi connectivity index (χ0n) is 18.1. The number of carbonyl (C=O) groups is 1. The van der Waals surface area contributed by atoms with Crippen LogP contribution in [0.25, 0.3) is 11.1 Å². The monoisotopic (exact) mass is 434 g/mol. The molecular weight excluding hydrogens is 408 g/mol. The fraction of sp³-hybridized carbons (Fsp3) is 0.292. The van der Waals surface area contributed by atoms with Gasteiger partial charge in [-0.05, 0) is 36.1 Å². The van der Waals surface area contributed by atoms with Gasteiger partial charge in [0.1, 0.15) is 11.4 Å². The van der Waals surface area contributed by atoms with Crippen molar-refractivity contribution < 1.29 is 14.6 Å². The van der Waals surface area contributed by atoms with E-state index in [2.05, 4.69) is 10.3 Å². The zero-order valence-corrected chi connectivity index (χ0v) is 18.1. The Hall–Kier alpha value is -3.49. The number of aromatic nitrogens is 2. The number of fused-ring (bicyclic) bond motifs is 1. The molecular formula is C24H26N4O4. The van der Waals surface area contributed by atoms with E-state index in [0.717, 1.165) is 22.3 Å². The lowest BCUT2D eigenvalue weighted by atomic mass is 9.98. The molecule has 0 saturated heterocycles. The number of rotatable bonds is 5. The highest BCUT2D eigenvalue weighted by Crippen LogP contribution is 2.28. The van der Waals surface area contributed by atoms with Crippen LogP contribution in [0.2, 0.25) is 0 Å². The third-order valence-electron chi connectivity index (χ3n) is 5.63. The number of ether oxygens (including phenoxy) is 1. The molecule has 1 aliphatic heterocycles. The Kier molecular flexibility index (Phi) is 5.82. The molecule has 3 aromatic rings. The third kappa shape index (κ3) is 4.02. The van der Waals surface area contributed by atoms with E-state index in [1.165, 1.54) is 4.57 Å². The molecule has 0 aliphatic carbocycles. The van der Waals surface area contributed by atoms with Crippen molar-refractivity contribution in [3.8, 4) is 16.9 Å². The summed E-state index contributed by atoms with van der Waals surface area (Å²) in [4.78, 5) is 29.8. The van der Waals surface area contributed by atoms with Gasteiger partial charge in [-0.15, -0.1) is 0 Å². The second kappa shape index (κ2) is 8.57. The number of nitrogens with zero attached hydrogens (tertiary/aromatic N) is 2. The van der Waals surface area contributed by atoms with Crippen LogP contribution in [0.15, 0.2) is 53.3 Å². The van der Waals surface area contributed by atoms with Crippen molar-refractivity contribution in [3.63, 3.8) is 0 Å². The summed E-state index contributed by atoms with van der Waals surface area (Å²) in [6.07, 6.45) is 0. The van der Waals surface area contributed by atoms with Gasteiger partial charge in [0.2, 0.25) is 5.75 Å². The maximum Gasteiger partial charge on any atom is 0.296 e. The number of benzene rings is 2. The van der Waals surface area contributed by atoms with E-state index in [0.29, 0.717) is 19.0 Å². The second-order valence-corrected chi connectivity index (χ2v) is 8.19. The minimum absolute atomic E-state index is 0.201. The number of nitrogens with one attached hydrogen (secondary N) is 1. The number of amides is 1. The smallest absolute Gasteiger partial charge is 0.296 e. The summed E-state index contributed by atoms with van der Waals surface area (Å²) in [5.74, 6) is -0.968. The quantitative estimate of drug-likeness (QED) is 0.567. The van der Waals surface area contributed by atoms with Crippen LogP contribution >= 0.6 is 0 Å². The van der Waals surface area contributed by atoms with Gasteiger partial charge in [-0.1, -0.05) is 48.5 Å². The van der Waals surface area contributed by atoms with Gasteiger partial charge in [0, 0.05) is 13.1 Å². The predicted octanol–water partition coefficient (Wildman–Crippen LogP) is 2.27. The Morgan fingerprint density at radius 1 is 1.22 bits per heavy atom. The van der Waals surface area contributed by atoms with Crippen LogP contribution in [-0.2, 0) is 30.0 Å². The van der Waals surface area contributed by atoms with Gasteiger partial charge < -0.3 is 20.9 Å². The maximum absolute atomic E-state index is 12.9. The molecule has 166 valence electrons. The number of hydrogen-bond donors (Lipinski definition) is 3. The summed E-state index contributed by atoms with van der Waals surface area (Å²) < 4.78 is 7.05. The van der Waals surface area contributed by atoms with Crippen LogP contribution in [0.4, 0.5) is 0 Å². The van der Waals surface area contributed by atoms with Gasteiger partial charge in [-0.25, -0.2) is 4.98 Å². The lowest BCUT2D eigenvalue weighted by Crippen LogP contribution is -2.42. The molecule has 0 saturated carbocycles. The van der Waals surface area contributed by atoms with Crippen molar-refractivity contribution in [2.45, 2.75) is 39.1 Å². The first-order chi connectivity index (χ1) is 15.3. The summed E-state index contributed by atoms with van der Waals surface area (Å²) in [5, 5.41) is 13.1. The SMILES string of the molecule is CC1(C)OCCn2c1nc(C(=O)NCc1ccccc1-c1ccc(CN)cc1)c(O)c2=O. The standard InChI is InChI=1S/C24H26N4O4/c1-24(2)23-27-19(20(29)22(31)28(23)11-12-32-24)21(30)26-14-17-5-3-4-6-18(17)16-9-7-15(13-25)8-10-16/h3-10,29H,11-14,25H2,1-2H3,(H,26,30). The van der Waals surface area contributed by atoms with Crippen LogP contribution in [0, 0.1) is 0 Å². The van der Waals surface area contributed by atoms with Gasteiger partial charge >= 0.3 is 0 Å². The first-order valence-corrected chi connectivity index (χ1v) is 10.5. The summed E-state index contributed by atoms with van der Waals surface area (Å²) in [6, 6.07) is 15.6. The summed E-state index contributed by atoms with van der Waals surface area (Å²) in [6.45, 7) is 4.82. The fourth-order valence-electron chi connectivity index (χ4n) is 3.86. The van der Waals surface area contributed by atoms with Crippen LogP contribution in [0.1, 0.15) is 41.3 Å². The molecule has 4 N–H and O–H groups in total. The van der Waals surface area contributed by atoms with Crippen LogP contribution in [0.3, 0.4) is 0 Å². The molecule has 2 heterocycles. The van der Waals surface area contributed by atoms with Crippen molar-refractivity contribution in [1.29, 1.82) is 0 Å². The highest BCUT2D eigenvalue weighted by Gasteiger charge is 2.34. The van der Waals surface area contributed by atoms with Gasteiger partial charge in [0.15, 0.2) is 5.69 Å². The number of nitrogens with two attached hydrogens (primary N) is 1. The second-order valence-electron chi connectivity index (χ2n) is 8.19. The molecule has 4 rings (SSSR count). The van der Waals surface area contributed by atoms with E-state index in [-0.39, 0.29) is 18.8 Å². The largest absolute Gasteiger partial charge is 0.501 e. The van der Waals surface area contributed by atoms with Gasteiger partial charge in [-0.2, -0.15) is 0 Å². The van der Waals surface area contributed by atoms with E-state index in [4.69, 9.17) is 10.5 Å². The highest BCUT2D eigenvalue weighted by atomic mass is 16.5. The molecule has 8 heteroatoms. The Morgan fingerprint density at radius 3 is 2.66 bits per heavy atom. The molecule has 1 aromatic heterocycles. The first kappa shape index (κ1) is 21.7. The van der Waals surface area contributed by atoms with E-state index in [9.17, 15) is 14.7 Å². The van der Waals surface area contributed by atoms with Crippen molar-refractivity contribution in [1.82, 2.24) is 14.9 Å². The van der Waals surface area contributed by atoms with E-state index in [1.54, 1.807) is 13.8 Å². The molecule has 0 fully saturated rings. The van der Waals surface area contributed by atoms with Crippen molar-refractivity contribution in [2.75, 3.05) is 6.61 Å². The molecule has 0 atom stereocenters. The molecule has 2 aromatic carbocycles. The normalized spacial score (nSPS) is 14.6. The van der Waals surface area contributed by atoms with E-state index < -0.39 is 22.8 Å². The number of aromatic hydroxyl groups is 1.